The molecule has 20 heavy (non-hydrogen) atoms. The number of carbonyl (C=O) groups is 1. The van der Waals surface area contributed by atoms with Gasteiger partial charge in [-0.3, -0.25) is 4.79 Å². The average Bonchev–Trinajstić information content (AvgIpc) is 2.39. The fourth-order valence-corrected chi connectivity index (χ4v) is 2.54. The first-order chi connectivity index (χ1) is 9.38. The zero-order chi connectivity index (χ0) is 14.8. The Morgan fingerprint density at radius 1 is 1.10 bits per heavy atom. The van der Waals surface area contributed by atoms with Crippen LogP contribution in [0.5, 0.6) is 0 Å². The molecule has 0 aromatic heterocycles. The summed E-state index contributed by atoms with van der Waals surface area (Å²) in [5, 5.41) is 7.73. The highest BCUT2D eigenvalue weighted by molar-refractivity contribution is 9.10. The zero-order valence-corrected chi connectivity index (χ0v) is 12.6. The van der Waals surface area contributed by atoms with Crippen LogP contribution >= 0.6 is 15.9 Å². The molecular weight excluding hydrogens is 344 g/mol. The number of nitrogens with one attached hydrogen (secondary N) is 1. The number of benzene rings is 2. The predicted octanol–water partition coefficient (Wildman–Crippen LogP) is 2.35. The number of para-hydroxylation sites is 1. The van der Waals surface area contributed by atoms with E-state index in [2.05, 4.69) is 21.2 Å². The van der Waals surface area contributed by atoms with E-state index in [-0.39, 0.29) is 10.5 Å². The fourth-order valence-electron chi connectivity index (χ4n) is 1.58. The maximum Gasteiger partial charge on any atom is 0.256 e. The van der Waals surface area contributed by atoms with E-state index in [4.69, 9.17) is 5.14 Å². The Morgan fingerprint density at radius 2 is 1.75 bits per heavy atom. The molecule has 0 aliphatic carbocycles. The molecule has 2 aromatic carbocycles. The van der Waals surface area contributed by atoms with E-state index in [9.17, 15) is 13.2 Å². The van der Waals surface area contributed by atoms with Gasteiger partial charge in [-0.15, -0.1) is 0 Å². The maximum atomic E-state index is 12.1. The van der Waals surface area contributed by atoms with Gasteiger partial charge in [0.1, 0.15) is 0 Å². The van der Waals surface area contributed by atoms with Gasteiger partial charge in [-0.25, -0.2) is 13.6 Å². The van der Waals surface area contributed by atoms with Crippen LogP contribution in [0, 0.1) is 0 Å². The van der Waals surface area contributed by atoms with E-state index in [1.807, 2.05) is 6.07 Å². The lowest BCUT2D eigenvalue weighted by molar-refractivity contribution is 0.102. The van der Waals surface area contributed by atoms with Crippen molar-refractivity contribution in [2.24, 2.45) is 5.14 Å². The van der Waals surface area contributed by atoms with Crippen LogP contribution in [-0.2, 0) is 10.0 Å². The van der Waals surface area contributed by atoms with Crippen molar-refractivity contribution in [1.82, 2.24) is 0 Å². The summed E-state index contributed by atoms with van der Waals surface area (Å²) in [7, 11) is -3.85. The number of nitrogens with two attached hydrogens (primary N) is 1. The number of hydrogen-bond acceptors (Lipinski definition) is 3. The van der Waals surface area contributed by atoms with Crippen molar-refractivity contribution in [2.75, 3.05) is 5.32 Å². The van der Waals surface area contributed by atoms with Crippen LogP contribution in [0.15, 0.2) is 57.9 Å². The van der Waals surface area contributed by atoms with Crippen LogP contribution in [0.1, 0.15) is 10.4 Å². The minimum absolute atomic E-state index is 0.112. The summed E-state index contributed by atoms with van der Waals surface area (Å²) in [5.74, 6) is -0.423. The number of amides is 1. The molecule has 2 aromatic rings. The number of hydrogen-bond donors (Lipinski definition) is 2. The molecule has 1 amide bonds. The topological polar surface area (TPSA) is 89.3 Å². The van der Waals surface area contributed by atoms with E-state index >= 15 is 0 Å². The summed E-state index contributed by atoms with van der Waals surface area (Å²) in [6.45, 7) is 0. The quantitative estimate of drug-likeness (QED) is 0.886. The summed E-state index contributed by atoms with van der Waals surface area (Å²) in [5.41, 5.74) is 0.811. The molecule has 0 saturated carbocycles. The van der Waals surface area contributed by atoms with Crippen LogP contribution in [0.25, 0.3) is 0 Å². The first kappa shape index (κ1) is 14.7. The molecule has 0 fully saturated rings. The van der Waals surface area contributed by atoms with Gasteiger partial charge in [-0.1, -0.05) is 18.2 Å². The van der Waals surface area contributed by atoms with Crippen molar-refractivity contribution >= 4 is 37.5 Å². The lowest BCUT2D eigenvalue weighted by Gasteiger charge is -2.08. The summed E-state index contributed by atoms with van der Waals surface area (Å²) < 4.78 is 23.1. The molecule has 0 heterocycles. The molecule has 0 atom stereocenters. The number of rotatable bonds is 3. The molecule has 0 radical (unpaired) electrons. The van der Waals surface area contributed by atoms with Crippen molar-refractivity contribution in [3.8, 4) is 0 Å². The van der Waals surface area contributed by atoms with Crippen LogP contribution in [0.2, 0.25) is 0 Å². The van der Waals surface area contributed by atoms with Crippen LogP contribution in [0.4, 0.5) is 5.69 Å². The fraction of sp³-hybridized carbons (Fsp3) is 0. The Balaban J connectivity index is 2.35. The Labute approximate surface area is 125 Å². The Hall–Kier alpha value is -1.70. The average molecular weight is 355 g/mol. The lowest BCUT2D eigenvalue weighted by atomic mass is 10.2. The SMILES string of the molecule is NS(=O)(=O)c1ccc(Br)c(C(=O)Nc2ccccc2)c1. The van der Waals surface area contributed by atoms with E-state index in [1.165, 1.54) is 18.2 Å². The minimum atomic E-state index is -3.85. The third-order valence-corrected chi connectivity index (χ3v) is 4.15. The van der Waals surface area contributed by atoms with Gasteiger partial charge in [-0.05, 0) is 46.3 Å². The highest BCUT2D eigenvalue weighted by Crippen LogP contribution is 2.21. The van der Waals surface area contributed by atoms with Gasteiger partial charge in [0.05, 0.1) is 10.5 Å². The molecular formula is C13H11BrN2O3S. The van der Waals surface area contributed by atoms with Crippen molar-refractivity contribution in [3.63, 3.8) is 0 Å². The highest BCUT2D eigenvalue weighted by atomic mass is 79.9. The van der Waals surface area contributed by atoms with Gasteiger partial charge in [0.2, 0.25) is 10.0 Å². The van der Waals surface area contributed by atoms with Crippen LogP contribution in [-0.4, -0.2) is 14.3 Å². The molecule has 0 saturated heterocycles. The second-order valence-electron chi connectivity index (χ2n) is 4.01. The summed E-state index contributed by atoms with van der Waals surface area (Å²) in [6.07, 6.45) is 0. The largest absolute Gasteiger partial charge is 0.322 e. The number of carbonyl (C=O) groups excluding carboxylic acids is 1. The highest BCUT2D eigenvalue weighted by Gasteiger charge is 2.15. The number of primary sulfonamides is 1. The third kappa shape index (κ3) is 3.44. The standard InChI is InChI=1S/C13H11BrN2O3S/c14-12-7-6-10(20(15,18)19)8-11(12)13(17)16-9-4-2-1-3-5-9/h1-8H,(H,16,17)(H2,15,18,19). The molecule has 0 aliphatic rings. The first-order valence-corrected chi connectivity index (χ1v) is 7.90. The van der Waals surface area contributed by atoms with Crippen LogP contribution < -0.4 is 10.5 Å². The van der Waals surface area contributed by atoms with Crippen molar-refractivity contribution in [1.29, 1.82) is 0 Å². The Morgan fingerprint density at radius 3 is 2.35 bits per heavy atom. The smallest absolute Gasteiger partial charge is 0.256 e. The summed E-state index contributed by atoms with van der Waals surface area (Å²) in [4.78, 5) is 12.0. The molecule has 0 unspecified atom stereocenters. The number of halogens is 1. The second kappa shape index (κ2) is 5.74. The molecule has 7 heteroatoms. The van der Waals surface area contributed by atoms with E-state index in [1.54, 1.807) is 24.3 Å². The normalized spacial score (nSPS) is 11.1. The predicted molar refractivity (Wildman–Crippen MR) is 79.9 cm³/mol. The van der Waals surface area contributed by atoms with Gasteiger partial charge in [-0.2, -0.15) is 0 Å². The van der Waals surface area contributed by atoms with E-state index in [0.717, 1.165) is 0 Å². The molecule has 2 rings (SSSR count). The number of sulfonamides is 1. The van der Waals surface area contributed by atoms with Crippen molar-refractivity contribution < 1.29 is 13.2 Å². The van der Waals surface area contributed by atoms with Crippen molar-refractivity contribution in [2.45, 2.75) is 4.90 Å². The van der Waals surface area contributed by atoms with Gasteiger partial charge < -0.3 is 5.32 Å². The summed E-state index contributed by atoms with van der Waals surface area (Å²) >= 11 is 3.21. The molecule has 0 bridgehead atoms. The Kier molecular flexibility index (Phi) is 4.22. The van der Waals surface area contributed by atoms with Gasteiger partial charge in [0.15, 0.2) is 0 Å². The van der Waals surface area contributed by atoms with Gasteiger partial charge in [0, 0.05) is 10.2 Å². The van der Waals surface area contributed by atoms with E-state index in [0.29, 0.717) is 10.2 Å². The minimum Gasteiger partial charge on any atom is -0.322 e. The lowest BCUT2D eigenvalue weighted by Crippen LogP contribution is -2.16. The van der Waals surface area contributed by atoms with Gasteiger partial charge in [0.25, 0.3) is 5.91 Å². The summed E-state index contributed by atoms with van der Waals surface area (Å²) in [6, 6.07) is 12.9. The maximum absolute atomic E-state index is 12.1. The second-order valence-corrected chi connectivity index (χ2v) is 6.42. The Bertz CT molecular complexity index is 745. The zero-order valence-electron chi connectivity index (χ0n) is 10.2. The molecule has 0 spiro atoms. The number of anilines is 1. The first-order valence-electron chi connectivity index (χ1n) is 5.56. The van der Waals surface area contributed by atoms with E-state index < -0.39 is 15.9 Å². The third-order valence-electron chi connectivity index (χ3n) is 2.54. The molecule has 5 nitrogen and oxygen atoms in total. The molecule has 104 valence electrons. The van der Waals surface area contributed by atoms with Crippen molar-refractivity contribution in [3.05, 3.63) is 58.6 Å². The molecule has 3 N–H and O–H groups in total. The molecule has 0 aliphatic heterocycles. The monoisotopic (exact) mass is 354 g/mol. The van der Waals surface area contributed by atoms with Crippen LogP contribution in [0.3, 0.4) is 0 Å². The van der Waals surface area contributed by atoms with Gasteiger partial charge >= 0.3 is 0 Å².